The van der Waals surface area contributed by atoms with Gasteiger partial charge < -0.3 is 10.5 Å². The van der Waals surface area contributed by atoms with Gasteiger partial charge in [-0.3, -0.25) is 0 Å². The van der Waals surface area contributed by atoms with Crippen molar-refractivity contribution in [1.82, 2.24) is 4.31 Å². The van der Waals surface area contributed by atoms with Crippen LogP contribution < -0.4 is 5.73 Å². The van der Waals surface area contributed by atoms with Gasteiger partial charge in [0.25, 0.3) is 0 Å². The molecule has 0 spiro atoms. The van der Waals surface area contributed by atoms with Crippen LogP contribution in [0.4, 0.5) is 0 Å². The molecule has 0 aromatic heterocycles. The molecule has 0 radical (unpaired) electrons. The minimum atomic E-state index is -3.02. The molecule has 0 aliphatic carbocycles. The van der Waals surface area contributed by atoms with E-state index in [-0.39, 0.29) is 0 Å². The summed E-state index contributed by atoms with van der Waals surface area (Å²) in [7, 11) is -3.02. The molecule has 0 amide bonds. The van der Waals surface area contributed by atoms with Crippen LogP contribution in [0.5, 0.6) is 0 Å². The number of ether oxygens (including phenoxy) is 1. The Morgan fingerprint density at radius 2 is 2.05 bits per heavy atom. The second kappa shape index (κ2) is 7.87. The summed E-state index contributed by atoms with van der Waals surface area (Å²) in [5.41, 5.74) is 6.26. The van der Waals surface area contributed by atoms with Crippen LogP contribution in [-0.2, 0) is 14.8 Å². The van der Waals surface area contributed by atoms with E-state index in [4.69, 9.17) is 10.5 Å². The maximum absolute atomic E-state index is 10.9. The van der Waals surface area contributed by atoms with Crippen molar-refractivity contribution in [3.63, 3.8) is 0 Å². The van der Waals surface area contributed by atoms with E-state index in [1.165, 1.54) is 29.8 Å². The van der Waals surface area contributed by atoms with Crippen LogP contribution in [0.1, 0.15) is 32.6 Å². The Hall–Kier alpha value is -0.590. The van der Waals surface area contributed by atoms with Crippen molar-refractivity contribution in [1.29, 1.82) is 0 Å². The Morgan fingerprint density at radius 1 is 1.42 bits per heavy atom. The van der Waals surface area contributed by atoms with Gasteiger partial charge in [0.2, 0.25) is 10.0 Å². The highest BCUT2D eigenvalue weighted by molar-refractivity contribution is 7.88. The van der Waals surface area contributed by atoms with E-state index in [1.807, 2.05) is 0 Å². The Morgan fingerprint density at radius 3 is 2.42 bits per heavy atom. The minimum Gasteiger partial charge on any atom is -0.402 e. The lowest BCUT2D eigenvalue weighted by Gasteiger charge is -2.22. The van der Waals surface area contributed by atoms with Crippen molar-refractivity contribution in [2.75, 3.05) is 32.6 Å². The number of hydrogen-bond acceptors (Lipinski definition) is 4. The van der Waals surface area contributed by atoms with Gasteiger partial charge >= 0.3 is 0 Å². The zero-order valence-electron chi connectivity index (χ0n) is 12.0. The number of sulfonamides is 1. The fourth-order valence-corrected chi connectivity index (χ4v) is 2.89. The normalized spacial score (nSPS) is 22.3. The zero-order valence-corrected chi connectivity index (χ0v) is 12.8. The first-order valence-corrected chi connectivity index (χ1v) is 8.75. The molecule has 5 nitrogen and oxygen atoms in total. The molecule has 0 unspecified atom stereocenters. The summed E-state index contributed by atoms with van der Waals surface area (Å²) in [5, 5.41) is 0. The van der Waals surface area contributed by atoms with E-state index in [2.05, 4.69) is 6.92 Å². The van der Waals surface area contributed by atoms with Gasteiger partial charge in [-0.2, -0.15) is 4.31 Å². The van der Waals surface area contributed by atoms with Gasteiger partial charge in [0.05, 0.1) is 6.26 Å². The van der Waals surface area contributed by atoms with Crippen molar-refractivity contribution in [3.05, 3.63) is 11.8 Å². The number of hydrogen-bond donors (Lipinski definition) is 1. The van der Waals surface area contributed by atoms with Crippen LogP contribution in [0.15, 0.2) is 11.8 Å². The minimum absolute atomic E-state index is 0.421. The van der Waals surface area contributed by atoms with Crippen molar-refractivity contribution in [2.24, 2.45) is 11.7 Å². The molecule has 112 valence electrons. The molecule has 19 heavy (non-hydrogen) atoms. The van der Waals surface area contributed by atoms with E-state index in [0.29, 0.717) is 19.5 Å². The molecule has 0 atom stereocenters. The Labute approximate surface area is 116 Å². The topological polar surface area (TPSA) is 72.6 Å². The largest absolute Gasteiger partial charge is 0.402 e. The summed E-state index contributed by atoms with van der Waals surface area (Å²) in [5.74, 6) is 0.962. The third-order valence-corrected chi connectivity index (χ3v) is 4.86. The van der Waals surface area contributed by atoms with Crippen LogP contribution in [-0.4, -0.2) is 45.3 Å². The number of nitrogens with two attached hydrogens (primary N) is 1. The van der Waals surface area contributed by atoms with Gasteiger partial charge in [-0.1, -0.05) is 19.4 Å². The summed E-state index contributed by atoms with van der Waals surface area (Å²) in [6, 6.07) is 0. The molecule has 0 aromatic carbocycles. The second-order valence-corrected chi connectivity index (χ2v) is 7.10. The highest BCUT2D eigenvalue weighted by Crippen LogP contribution is 2.16. The van der Waals surface area contributed by atoms with Crippen LogP contribution in [0, 0.1) is 5.92 Å². The van der Waals surface area contributed by atoms with Crippen molar-refractivity contribution in [2.45, 2.75) is 32.6 Å². The SMILES string of the molecule is CCC1CCOCC1.CS(=O)(=O)N1CC=C(N)CC1. The fourth-order valence-electron chi connectivity index (χ4n) is 2.12. The summed E-state index contributed by atoms with van der Waals surface area (Å²) in [6.07, 6.45) is 7.51. The third kappa shape index (κ3) is 6.40. The standard InChI is InChI=1S/C7H14O.C6H12N2O2S/c1-2-7-3-5-8-6-4-7;1-11(9,10)8-4-2-6(7)3-5-8/h7H,2-6H2,1H3;2H,3-5,7H2,1H3. The predicted octanol–water partition coefficient (Wildman–Crippen LogP) is 1.32. The van der Waals surface area contributed by atoms with E-state index in [0.717, 1.165) is 24.8 Å². The van der Waals surface area contributed by atoms with Crippen LogP contribution in [0.3, 0.4) is 0 Å². The molecule has 2 rings (SSSR count). The summed E-state index contributed by atoms with van der Waals surface area (Å²) in [6.45, 7) is 5.19. The van der Waals surface area contributed by atoms with Crippen molar-refractivity contribution < 1.29 is 13.2 Å². The van der Waals surface area contributed by atoms with E-state index >= 15 is 0 Å². The summed E-state index contributed by atoms with van der Waals surface area (Å²) >= 11 is 0. The average Bonchev–Trinajstić information content (AvgIpc) is 2.40. The van der Waals surface area contributed by atoms with Crippen LogP contribution in [0.25, 0.3) is 0 Å². The first kappa shape index (κ1) is 16.5. The molecule has 2 aliphatic heterocycles. The Bertz CT molecular complexity index is 387. The lowest BCUT2D eigenvalue weighted by Crippen LogP contribution is -2.34. The van der Waals surface area contributed by atoms with E-state index < -0.39 is 10.0 Å². The second-order valence-electron chi connectivity index (χ2n) is 5.11. The highest BCUT2D eigenvalue weighted by Gasteiger charge is 2.17. The molecule has 1 fully saturated rings. The molecule has 2 heterocycles. The monoisotopic (exact) mass is 290 g/mol. The van der Waals surface area contributed by atoms with Gasteiger partial charge in [0.15, 0.2) is 0 Å². The number of nitrogens with zero attached hydrogens (tertiary/aromatic N) is 1. The van der Waals surface area contributed by atoms with Gasteiger partial charge in [-0.25, -0.2) is 8.42 Å². The highest BCUT2D eigenvalue weighted by atomic mass is 32.2. The van der Waals surface area contributed by atoms with Crippen molar-refractivity contribution in [3.8, 4) is 0 Å². The third-order valence-electron chi connectivity index (χ3n) is 3.59. The van der Waals surface area contributed by atoms with Gasteiger partial charge in [-0.05, 0) is 18.8 Å². The van der Waals surface area contributed by atoms with Crippen LogP contribution in [0.2, 0.25) is 0 Å². The van der Waals surface area contributed by atoms with Gasteiger partial charge in [0, 0.05) is 38.4 Å². The quantitative estimate of drug-likeness (QED) is 0.832. The molecule has 0 aromatic rings. The van der Waals surface area contributed by atoms with E-state index in [1.54, 1.807) is 6.08 Å². The van der Waals surface area contributed by atoms with Gasteiger partial charge in [0.1, 0.15) is 0 Å². The smallest absolute Gasteiger partial charge is 0.211 e. The maximum atomic E-state index is 10.9. The Balaban J connectivity index is 0.000000200. The van der Waals surface area contributed by atoms with Gasteiger partial charge in [-0.15, -0.1) is 0 Å². The predicted molar refractivity (Wildman–Crippen MR) is 77.1 cm³/mol. The summed E-state index contributed by atoms with van der Waals surface area (Å²) < 4.78 is 28.5. The molecular formula is C13H26N2O3S. The molecule has 1 saturated heterocycles. The molecule has 2 N–H and O–H groups in total. The lowest BCUT2D eigenvalue weighted by atomic mass is 9.98. The Kier molecular flexibility index (Phi) is 6.82. The summed E-state index contributed by atoms with van der Waals surface area (Å²) in [4.78, 5) is 0. The molecule has 0 saturated carbocycles. The van der Waals surface area contributed by atoms with Crippen molar-refractivity contribution >= 4 is 10.0 Å². The number of rotatable bonds is 2. The average molecular weight is 290 g/mol. The molecular weight excluding hydrogens is 264 g/mol. The lowest BCUT2D eigenvalue weighted by molar-refractivity contribution is 0.0654. The molecule has 6 heteroatoms. The fraction of sp³-hybridized carbons (Fsp3) is 0.846. The van der Waals surface area contributed by atoms with E-state index in [9.17, 15) is 8.42 Å². The zero-order chi connectivity index (χ0) is 14.3. The molecule has 0 bridgehead atoms. The van der Waals surface area contributed by atoms with Crippen LogP contribution >= 0.6 is 0 Å². The molecule has 2 aliphatic rings. The first-order valence-electron chi connectivity index (χ1n) is 6.90. The first-order chi connectivity index (χ1) is 8.93. The maximum Gasteiger partial charge on any atom is 0.211 e.